The van der Waals surface area contributed by atoms with E-state index in [-0.39, 0.29) is 36.4 Å². The largest absolute Gasteiger partial charge is 0.465 e. The van der Waals surface area contributed by atoms with E-state index in [9.17, 15) is 9.59 Å². The molecule has 4 heterocycles. The van der Waals surface area contributed by atoms with Crippen LogP contribution in [0.1, 0.15) is 59.4 Å². The van der Waals surface area contributed by atoms with Gasteiger partial charge in [-0.25, -0.2) is 0 Å². The number of ether oxygens (including phenoxy) is 2. The lowest BCUT2D eigenvalue weighted by atomic mass is 9.74. The molecule has 1 amide bonds. The van der Waals surface area contributed by atoms with E-state index in [1.54, 1.807) is 13.0 Å². The number of esters is 1. The molecule has 2 N–H and O–H groups in total. The third-order valence-corrected chi connectivity index (χ3v) is 6.01. The predicted octanol–water partition coefficient (Wildman–Crippen LogP) is 1.90. The highest BCUT2D eigenvalue weighted by atomic mass is 16.5. The van der Waals surface area contributed by atoms with Crippen LogP contribution in [0.5, 0.6) is 0 Å². The molecule has 9 heteroatoms. The standard InChI is InChI=1S/C21H28N4O5/c1-3-16-19-17(24-23-16)11-21(12-22-20(19)27)5-7-28-15(10-21)4-6-29-18(26)9-14-8-13(2)30-25-14/h8,15H,3-7,9-12H2,1-2H3,(H,22,27)(H,23,24). The smallest absolute Gasteiger partial charge is 0.311 e. The molecule has 0 bridgehead atoms. The Morgan fingerprint density at radius 2 is 2.30 bits per heavy atom. The van der Waals surface area contributed by atoms with Crippen molar-refractivity contribution in [3.63, 3.8) is 0 Å². The van der Waals surface area contributed by atoms with Gasteiger partial charge >= 0.3 is 5.97 Å². The van der Waals surface area contributed by atoms with E-state index in [1.807, 2.05) is 6.92 Å². The highest BCUT2D eigenvalue weighted by Crippen LogP contribution is 2.39. The number of carbonyl (C=O) groups is 2. The zero-order chi connectivity index (χ0) is 21.1. The molecule has 2 aromatic heterocycles. The second kappa shape index (κ2) is 8.59. The van der Waals surface area contributed by atoms with Crippen molar-refractivity contribution >= 4 is 11.9 Å². The normalized spacial score (nSPS) is 23.7. The Labute approximate surface area is 174 Å². The number of nitrogens with zero attached hydrogens (tertiary/aromatic N) is 2. The van der Waals surface area contributed by atoms with E-state index in [4.69, 9.17) is 14.0 Å². The molecule has 4 rings (SSSR count). The highest BCUT2D eigenvalue weighted by Gasteiger charge is 2.41. The summed E-state index contributed by atoms with van der Waals surface area (Å²) in [6.45, 7) is 5.31. The van der Waals surface area contributed by atoms with Crippen LogP contribution in [-0.2, 0) is 33.5 Å². The SMILES string of the molecule is CCc1n[nH]c2c1C(=O)NCC1(CCOC(CCOC(=O)Cc3cc(C)on3)C1)C2. The summed E-state index contributed by atoms with van der Waals surface area (Å²) in [6.07, 6.45) is 3.85. The summed E-state index contributed by atoms with van der Waals surface area (Å²) in [7, 11) is 0. The number of fused-ring (bicyclic) bond motifs is 1. The molecule has 1 fully saturated rings. The van der Waals surface area contributed by atoms with E-state index < -0.39 is 0 Å². The molecule has 162 valence electrons. The zero-order valence-corrected chi connectivity index (χ0v) is 17.5. The van der Waals surface area contributed by atoms with Gasteiger partial charge in [0.2, 0.25) is 0 Å². The summed E-state index contributed by atoms with van der Waals surface area (Å²) in [5.74, 6) is 0.290. The first-order valence-corrected chi connectivity index (χ1v) is 10.5. The van der Waals surface area contributed by atoms with Crippen LogP contribution >= 0.6 is 0 Å². The van der Waals surface area contributed by atoms with Crippen molar-refractivity contribution in [3.8, 4) is 0 Å². The molecule has 2 unspecified atom stereocenters. The summed E-state index contributed by atoms with van der Waals surface area (Å²) in [5, 5.41) is 14.3. The van der Waals surface area contributed by atoms with E-state index in [0.717, 1.165) is 37.1 Å². The fraction of sp³-hybridized carbons (Fsp3) is 0.619. The van der Waals surface area contributed by atoms with Crippen molar-refractivity contribution < 1.29 is 23.6 Å². The molecule has 9 nitrogen and oxygen atoms in total. The van der Waals surface area contributed by atoms with Gasteiger partial charge in [0, 0.05) is 31.3 Å². The number of aromatic nitrogens is 3. The van der Waals surface area contributed by atoms with Gasteiger partial charge in [0.1, 0.15) is 5.76 Å². The Morgan fingerprint density at radius 3 is 3.07 bits per heavy atom. The summed E-state index contributed by atoms with van der Waals surface area (Å²) in [5.41, 5.74) is 2.92. The minimum absolute atomic E-state index is 0.0205. The molecule has 0 radical (unpaired) electrons. The van der Waals surface area contributed by atoms with Gasteiger partial charge in [-0.15, -0.1) is 0 Å². The minimum atomic E-state index is -0.329. The molecule has 0 aliphatic carbocycles. The number of hydrogen-bond acceptors (Lipinski definition) is 7. The first-order valence-electron chi connectivity index (χ1n) is 10.5. The van der Waals surface area contributed by atoms with Crippen LogP contribution in [0.15, 0.2) is 10.6 Å². The maximum atomic E-state index is 12.6. The number of amides is 1. The van der Waals surface area contributed by atoms with Crippen LogP contribution in [0.25, 0.3) is 0 Å². The van der Waals surface area contributed by atoms with Crippen LogP contribution in [0.4, 0.5) is 0 Å². The van der Waals surface area contributed by atoms with Gasteiger partial charge in [0.25, 0.3) is 5.91 Å². The lowest BCUT2D eigenvalue weighted by Gasteiger charge is -2.40. The van der Waals surface area contributed by atoms with Crippen LogP contribution in [-0.4, -0.2) is 53.1 Å². The molecule has 0 saturated carbocycles. The van der Waals surface area contributed by atoms with E-state index in [0.29, 0.717) is 36.6 Å². The molecule has 1 saturated heterocycles. The molecular formula is C21H28N4O5. The fourth-order valence-electron chi connectivity index (χ4n) is 4.46. The molecule has 2 atom stereocenters. The Balaban J connectivity index is 1.32. The summed E-state index contributed by atoms with van der Waals surface area (Å²) >= 11 is 0. The van der Waals surface area contributed by atoms with Crippen LogP contribution < -0.4 is 5.32 Å². The van der Waals surface area contributed by atoms with E-state index in [2.05, 4.69) is 20.7 Å². The van der Waals surface area contributed by atoms with Gasteiger partial charge in [-0.2, -0.15) is 5.10 Å². The highest BCUT2D eigenvalue weighted by molar-refractivity contribution is 5.96. The molecule has 1 spiro atoms. The Bertz CT molecular complexity index is 920. The van der Waals surface area contributed by atoms with Gasteiger partial charge in [-0.3, -0.25) is 14.7 Å². The number of H-pyrrole nitrogens is 1. The van der Waals surface area contributed by atoms with Gasteiger partial charge in [-0.1, -0.05) is 12.1 Å². The number of hydrogen-bond donors (Lipinski definition) is 2. The Morgan fingerprint density at radius 1 is 1.43 bits per heavy atom. The lowest BCUT2D eigenvalue weighted by molar-refractivity contribution is -0.144. The second-order valence-electron chi connectivity index (χ2n) is 8.30. The quantitative estimate of drug-likeness (QED) is 0.690. The lowest BCUT2D eigenvalue weighted by Crippen LogP contribution is -2.44. The average molecular weight is 416 g/mol. The number of rotatable bonds is 6. The van der Waals surface area contributed by atoms with Crippen molar-refractivity contribution in [2.45, 2.75) is 58.5 Å². The maximum Gasteiger partial charge on any atom is 0.311 e. The van der Waals surface area contributed by atoms with Crippen molar-refractivity contribution in [1.82, 2.24) is 20.7 Å². The minimum Gasteiger partial charge on any atom is -0.465 e. The third-order valence-electron chi connectivity index (χ3n) is 6.01. The maximum absolute atomic E-state index is 12.6. The number of aryl methyl sites for hydroxylation is 2. The van der Waals surface area contributed by atoms with Gasteiger partial charge < -0.3 is 19.3 Å². The monoisotopic (exact) mass is 416 g/mol. The molecular weight excluding hydrogens is 388 g/mol. The molecule has 0 aromatic carbocycles. The summed E-state index contributed by atoms with van der Waals surface area (Å²) in [4.78, 5) is 24.6. The third kappa shape index (κ3) is 4.40. The van der Waals surface area contributed by atoms with Crippen LogP contribution in [0, 0.1) is 12.3 Å². The van der Waals surface area contributed by atoms with Crippen molar-refractivity contribution in [2.24, 2.45) is 5.41 Å². The predicted molar refractivity (Wildman–Crippen MR) is 106 cm³/mol. The van der Waals surface area contributed by atoms with Crippen LogP contribution in [0.3, 0.4) is 0 Å². The number of aromatic amines is 1. The summed E-state index contributed by atoms with van der Waals surface area (Å²) < 4.78 is 16.3. The molecule has 2 aliphatic rings. The van der Waals surface area contributed by atoms with Crippen molar-refractivity contribution in [2.75, 3.05) is 19.8 Å². The van der Waals surface area contributed by atoms with E-state index >= 15 is 0 Å². The number of nitrogens with one attached hydrogen (secondary N) is 2. The first-order chi connectivity index (χ1) is 14.5. The van der Waals surface area contributed by atoms with Crippen LogP contribution in [0.2, 0.25) is 0 Å². The van der Waals surface area contributed by atoms with Crippen molar-refractivity contribution in [3.05, 3.63) is 34.5 Å². The second-order valence-corrected chi connectivity index (χ2v) is 8.30. The summed E-state index contributed by atoms with van der Waals surface area (Å²) in [6, 6.07) is 1.73. The van der Waals surface area contributed by atoms with E-state index in [1.165, 1.54) is 0 Å². The average Bonchev–Trinajstić information content (AvgIpc) is 3.28. The van der Waals surface area contributed by atoms with Gasteiger partial charge in [-0.05, 0) is 38.0 Å². The molecule has 2 aliphatic heterocycles. The zero-order valence-electron chi connectivity index (χ0n) is 17.5. The van der Waals surface area contributed by atoms with Crippen molar-refractivity contribution in [1.29, 1.82) is 0 Å². The van der Waals surface area contributed by atoms with Gasteiger partial charge in [0.05, 0.1) is 36.1 Å². The Hall–Kier alpha value is -2.68. The fourth-order valence-corrected chi connectivity index (χ4v) is 4.46. The van der Waals surface area contributed by atoms with Gasteiger partial charge in [0.15, 0.2) is 0 Å². The number of carbonyl (C=O) groups excluding carboxylic acids is 2. The first kappa shape index (κ1) is 20.6. The molecule has 2 aromatic rings. The topological polar surface area (TPSA) is 119 Å². The Kier molecular flexibility index (Phi) is 5.90. The molecule has 30 heavy (non-hydrogen) atoms.